The molecule has 0 unspecified atom stereocenters. The quantitative estimate of drug-likeness (QED) is 0.826. The van der Waals surface area contributed by atoms with Gasteiger partial charge in [0, 0.05) is 22.1 Å². The van der Waals surface area contributed by atoms with Crippen LogP contribution in [0.15, 0.2) is 58.3 Å². The van der Waals surface area contributed by atoms with Crippen LogP contribution >= 0.6 is 11.8 Å². The molecule has 0 aliphatic heterocycles. The molecule has 0 amide bonds. The maximum atomic E-state index is 5.66. The largest absolute Gasteiger partial charge is 0.399 e. The highest BCUT2D eigenvalue weighted by molar-refractivity contribution is 7.99. The summed E-state index contributed by atoms with van der Waals surface area (Å²) in [6.07, 6.45) is 0. The Morgan fingerprint density at radius 2 is 1.50 bits per heavy atom. The number of hydrogen-bond acceptors (Lipinski definition) is 3. The predicted octanol–water partition coefficient (Wildman–Crippen LogP) is 3.96. The molecule has 0 fully saturated rings. The molecule has 18 heavy (non-hydrogen) atoms. The van der Waals surface area contributed by atoms with Crippen molar-refractivity contribution in [3.63, 3.8) is 0 Å². The minimum Gasteiger partial charge on any atom is -0.399 e. The Balaban J connectivity index is 1.99. The summed E-state index contributed by atoms with van der Waals surface area (Å²) in [4.78, 5) is 2.42. The molecule has 94 valence electrons. The van der Waals surface area contributed by atoms with Gasteiger partial charge in [-0.1, -0.05) is 23.9 Å². The number of ether oxygens (including phenoxy) is 1. The minimum atomic E-state index is 0.684. The zero-order valence-corrected chi connectivity index (χ0v) is 11.2. The Hall–Kier alpha value is -1.45. The lowest BCUT2D eigenvalue weighted by Crippen LogP contribution is -1.91. The first-order chi connectivity index (χ1) is 8.78. The van der Waals surface area contributed by atoms with E-state index in [0.717, 1.165) is 12.3 Å². The number of benzene rings is 2. The molecular formula is C15H17NOS. The van der Waals surface area contributed by atoms with E-state index in [0.29, 0.717) is 6.61 Å². The van der Waals surface area contributed by atoms with Gasteiger partial charge >= 0.3 is 0 Å². The zero-order valence-electron chi connectivity index (χ0n) is 10.4. The van der Waals surface area contributed by atoms with Gasteiger partial charge in [0.2, 0.25) is 0 Å². The highest BCUT2D eigenvalue weighted by Gasteiger charge is 1.98. The molecule has 0 aromatic heterocycles. The molecule has 2 rings (SSSR count). The standard InChI is InChI=1S/C15H17NOS/c1-2-17-11-12-3-7-14(8-4-12)18-15-9-5-13(16)6-10-15/h3-10H,2,11,16H2,1H3. The predicted molar refractivity (Wildman–Crippen MR) is 76.7 cm³/mol. The van der Waals surface area contributed by atoms with Crippen LogP contribution in [0, 0.1) is 0 Å². The second-order valence-electron chi connectivity index (χ2n) is 3.95. The Bertz CT molecular complexity index is 479. The number of nitrogen functional groups attached to an aromatic ring is 1. The lowest BCUT2D eigenvalue weighted by molar-refractivity contribution is 0.134. The van der Waals surface area contributed by atoms with Crippen LogP contribution in [-0.4, -0.2) is 6.61 Å². The average molecular weight is 259 g/mol. The van der Waals surface area contributed by atoms with Crippen LogP contribution in [0.3, 0.4) is 0 Å². The minimum absolute atomic E-state index is 0.684. The van der Waals surface area contributed by atoms with Crippen LogP contribution in [0.1, 0.15) is 12.5 Å². The maximum absolute atomic E-state index is 5.66. The highest BCUT2D eigenvalue weighted by Crippen LogP contribution is 2.28. The van der Waals surface area contributed by atoms with E-state index in [9.17, 15) is 0 Å². The van der Waals surface area contributed by atoms with Gasteiger partial charge in [0.15, 0.2) is 0 Å². The number of nitrogens with two attached hydrogens (primary N) is 1. The molecule has 2 aromatic carbocycles. The van der Waals surface area contributed by atoms with Crippen molar-refractivity contribution < 1.29 is 4.74 Å². The van der Waals surface area contributed by atoms with Gasteiger partial charge in [-0.15, -0.1) is 0 Å². The zero-order chi connectivity index (χ0) is 12.8. The molecule has 0 bridgehead atoms. The van der Waals surface area contributed by atoms with Crippen molar-refractivity contribution in [2.75, 3.05) is 12.3 Å². The first-order valence-electron chi connectivity index (χ1n) is 5.98. The van der Waals surface area contributed by atoms with Crippen molar-refractivity contribution in [2.24, 2.45) is 0 Å². The van der Waals surface area contributed by atoms with Crippen LogP contribution in [0.25, 0.3) is 0 Å². The van der Waals surface area contributed by atoms with E-state index in [1.165, 1.54) is 15.4 Å². The lowest BCUT2D eigenvalue weighted by atomic mass is 10.2. The van der Waals surface area contributed by atoms with Crippen LogP contribution in [0.4, 0.5) is 5.69 Å². The molecule has 0 spiro atoms. The number of rotatable bonds is 5. The van der Waals surface area contributed by atoms with Gasteiger partial charge in [-0.05, 0) is 48.9 Å². The summed E-state index contributed by atoms with van der Waals surface area (Å²) in [5.41, 5.74) is 7.67. The van der Waals surface area contributed by atoms with E-state index in [-0.39, 0.29) is 0 Å². The molecule has 0 radical (unpaired) electrons. The molecule has 2 N–H and O–H groups in total. The van der Waals surface area contributed by atoms with Gasteiger partial charge in [0.25, 0.3) is 0 Å². The van der Waals surface area contributed by atoms with Crippen LogP contribution < -0.4 is 5.73 Å². The third kappa shape index (κ3) is 3.79. The topological polar surface area (TPSA) is 35.2 Å². The molecule has 3 heteroatoms. The summed E-state index contributed by atoms with van der Waals surface area (Å²) in [6.45, 7) is 3.44. The highest BCUT2D eigenvalue weighted by atomic mass is 32.2. The Labute approximate surface area is 112 Å². The van der Waals surface area contributed by atoms with Gasteiger partial charge in [-0.3, -0.25) is 0 Å². The van der Waals surface area contributed by atoms with E-state index in [1.54, 1.807) is 11.8 Å². The van der Waals surface area contributed by atoms with Crippen molar-refractivity contribution in [1.82, 2.24) is 0 Å². The van der Waals surface area contributed by atoms with E-state index < -0.39 is 0 Å². The average Bonchev–Trinajstić information content (AvgIpc) is 2.41. The number of anilines is 1. The summed E-state index contributed by atoms with van der Waals surface area (Å²) < 4.78 is 5.37. The number of hydrogen-bond donors (Lipinski definition) is 1. The van der Waals surface area contributed by atoms with Crippen LogP contribution in [0.2, 0.25) is 0 Å². The van der Waals surface area contributed by atoms with Crippen LogP contribution in [-0.2, 0) is 11.3 Å². The third-order valence-electron chi connectivity index (χ3n) is 2.51. The van der Waals surface area contributed by atoms with Crippen molar-refractivity contribution in [3.05, 3.63) is 54.1 Å². The normalized spacial score (nSPS) is 10.5. The van der Waals surface area contributed by atoms with Crippen LogP contribution in [0.5, 0.6) is 0 Å². The third-order valence-corrected chi connectivity index (χ3v) is 3.53. The van der Waals surface area contributed by atoms with Gasteiger partial charge in [0.05, 0.1) is 6.61 Å². The second kappa shape index (κ2) is 6.47. The van der Waals surface area contributed by atoms with Crippen molar-refractivity contribution >= 4 is 17.4 Å². The first-order valence-corrected chi connectivity index (χ1v) is 6.79. The van der Waals surface area contributed by atoms with Crippen molar-refractivity contribution in [3.8, 4) is 0 Å². The summed E-state index contributed by atoms with van der Waals surface area (Å²) in [7, 11) is 0. The van der Waals surface area contributed by atoms with Crippen molar-refractivity contribution in [2.45, 2.75) is 23.3 Å². The molecule has 0 saturated heterocycles. The lowest BCUT2D eigenvalue weighted by Gasteiger charge is -2.05. The Kier molecular flexibility index (Phi) is 4.67. The summed E-state index contributed by atoms with van der Waals surface area (Å²) in [5, 5.41) is 0. The van der Waals surface area contributed by atoms with Gasteiger partial charge in [-0.2, -0.15) is 0 Å². The van der Waals surface area contributed by atoms with Gasteiger partial charge in [0.1, 0.15) is 0 Å². The van der Waals surface area contributed by atoms with Gasteiger partial charge in [-0.25, -0.2) is 0 Å². The summed E-state index contributed by atoms with van der Waals surface area (Å²) in [5.74, 6) is 0. The van der Waals surface area contributed by atoms with E-state index in [1.807, 2.05) is 31.2 Å². The SMILES string of the molecule is CCOCc1ccc(Sc2ccc(N)cc2)cc1. The summed E-state index contributed by atoms with van der Waals surface area (Å²) in [6, 6.07) is 16.4. The van der Waals surface area contributed by atoms with E-state index >= 15 is 0 Å². The van der Waals surface area contributed by atoms with Crippen molar-refractivity contribution in [1.29, 1.82) is 0 Å². The maximum Gasteiger partial charge on any atom is 0.0716 e. The molecule has 0 aliphatic rings. The molecule has 2 aromatic rings. The van der Waals surface area contributed by atoms with Gasteiger partial charge < -0.3 is 10.5 Å². The second-order valence-corrected chi connectivity index (χ2v) is 5.10. The molecule has 2 nitrogen and oxygen atoms in total. The Morgan fingerprint density at radius 3 is 2.06 bits per heavy atom. The summed E-state index contributed by atoms with van der Waals surface area (Å²) >= 11 is 1.73. The fraction of sp³-hybridized carbons (Fsp3) is 0.200. The monoisotopic (exact) mass is 259 g/mol. The first kappa shape index (κ1) is 13.0. The molecule has 0 heterocycles. The Morgan fingerprint density at radius 1 is 0.944 bits per heavy atom. The fourth-order valence-corrected chi connectivity index (χ4v) is 2.36. The fourth-order valence-electron chi connectivity index (χ4n) is 1.55. The molecule has 0 aliphatic carbocycles. The smallest absolute Gasteiger partial charge is 0.0716 e. The molecular weight excluding hydrogens is 242 g/mol. The van der Waals surface area contributed by atoms with E-state index in [2.05, 4.69) is 24.3 Å². The van der Waals surface area contributed by atoms with E-state index in [4.69, 9.17) is 10.5 Å². The molecule has 0 saturated carbocycles. The molecule has 0 atom stereocenters.